The first-order chi connectivity index (χ1) is 14.0. The third kappa shape index (κ3) is 3.04. The summed E-state index contributed by atoms with van der Waals surface area (Å²) in [6.45, 7) is 0. The average Bonchev–Trinajstić information content (AvgIpc) is 3.26. The molecule has 3 heterocycles. The van der Waals surface area contributed by atoms with Gasteiger partial charge in [0.05, 0.1) is 35.7 Å². The fourth-order valence-corrected chi connectivity index (χ4v) is 3.46. The van der Waals surface area contributed by atoms with Crippen LogP contribution in [-0.4, -0.2) is 21.9 Å². The summed E-state index contributed by atoms with van der Waals surface area (Å²) >= 11 is 0. The number of furan rings is 1. The van der Waals surface area contributed by atoms with E-state index >= 15 is 0 Å². The highest BCUT2D eigenvalue weighted by atomic mass is 19.4. The van der Waals surface area contributed by atoms with Gasteiger partial charge in [-0.15, -0.1) is 0 Å². The highest BCUT2D eigenvalue weighted by Crippen LogP contribution is 2.47. The predicted molar refractivity (Wildman–Crippen MR) is 100 cm³/mol. The molecule has 3 aromatic heterocycles. The van der Waals surface area contributed by atoms with Crippen LogP contribution in [0.4, 0.5) is 13.2 Å². The number of hydrogen-bond acceptors (Lipinski definition) is 4. The highest BCUT2D eigenvalue weighted by molar-refractivity contribution is 5.87. The van der Waals surface area contributed by atoms with Crippen LogP contribution < -0.4 is 4.74 Å². The van der Waals surface area contributed by atoms with Crippen LogP contribution in [-0.2, 0) is 6.18 Å². The van der Waals surface area contributed by atoms with Crippen LogP contribution in [0.15, 0.2) is 53.1 Å². The van der Waals surface area contributed by atoms with E-state index < -0.39 is 11.7 Å². The summed E-state index contributed by atoms with van der Waals surface area (Å²) in [6, 6.07) is 11.2. The number of hydrogen-bond donors (Lipinski definition) is 0. The van der Waals surface area contributed by atoms with Crippen molar-refractivity contribution < 1.29 is 22.3 Å². The molecule has 1 fully saturated rings. The van der Waals surface area contributed by atoms with Gasteiger partial charge in [-0.2, -0.15) is 18.3 Å². The lowest BCUT2D eigenvalue weighted by atomic mass is 10.1. The summed E-state index contributed by atoms with van der Waals surface area (Å²) < 4.78 is 54.0. The van der Waals surface area contributed by atoms with E-state index in [4.69, 9.17) is 9.15 Å². The van der Waals surface area contributed by atoms with Crippen LogP contribution in [0.2, 0.25) is 0 Å². The molecule has 148 valence electrons. The fraction of sp³-hybridized carbons (Fsp3) is 0.238. The normalized spacial score (nSPS) is 14.5. The third-order valence-corrected chi connectivity index (χ3v) is 5.02. The van der Waals surface area contributed by atoms with E-state index in [0.29, 0.717) is 17.1 Å². The molecule has 0 unspecified atom stereocenters. The number of benzene rings is 1. The van der Waals surface area contributed by atoms with Gasteiger partial charge in [-0.05, 0) is 55.3 Å². The molecule has 0 bridgehead atoms. The summed E-state index contributed by atoms with van der Waals surface area (Å²) in [4.78, 5) is 4.52. The molecule has 0 amide bonds. The Balaban J connectivity index is 1.82. The van der Waals surface area contributed by atoms with Crippen LogP contribution in [0.25, 0.3) is 28.2 Å². The molecule has 1 saturated carbocycles. The van der Waals surface area contributed by atoms with E-state index in [1.165, 1.54) is 10.9 Å². The molecule has 0 aliphatic heterocycles. The average molecular weight is 399 g/mol. The monoisotopic (exact) mass is 399 g/mol. The molecule has 1 aliphatic carbocycles. The van der Waals surface area contributed by atoms with E-state index in [2.05, 4.69) is 10.1 Å². The highest BCUT2D eigenvalue weighted by Gasteiger charge is 2.39. The van der Waals surface area contributed by atoms with Crippen LogP contribution in [0.3, 0.4) is 0 Å². The zero-order valence-electron chi connectivity index (χ0n) is 15.4. The van der Waals surface area contributed by atoms with Gasteiger partial charge in [-0.1, -0.05) is 0 Å². The lowest BCUT2D eigenvalue weighted by Gasteiger charge is -2.11. The molecular formula is C21H16F3N3O2. The Hall–Kier alpha value is -3.29. The maximum Gasteiger partial charge on any atom is 0.417 e. The maximum atomic E-state index is 14.0. The van der Waals surface area contributed by atoms with Gasteiger partial charge in [0.15, 0.2) is 11.4 Å². The summed E-state index contributed by atoms with van der Waals surface area (Å²) in [5.74, 6) is 0.940. The molecular weight excluding hydrogens is 383 g/mol. The zero-order chi connectivity index (χ0) is 20.2. The molecule has 0 saturated heterocycles. The number of pyridine rings is 1. The zero-order valence-corrected chi connectivity index (χ0v) is 15.4. The smallest absolute Gasteiger partial charge is 0.417 e. The second-order valence-corrected chi connectivity index (χ2v) is 7.00. The number of aromatic nitrogens is 3. The summed E-state index contributed by atoms with van der Waals surface area (Å²) in [7, 11) is 1.55. The van der Waals surface area contributed by atoms with Crippen molar-refractivity contribution in [2.75, 3.05) is 7.11 Å². The number of fused-ring (bicyclic) bond motifs is 1. The van der Waals surface area contributed by atoms with Gasteiger partial charge in [-0.3, -0.25) is 0 Å². The van der Waals surface area contributed by atoms with Crippen molar-refractivity contribution >= 4 is 11.0 Å². The van der Waals surface area contributed by atoms with Crippen LogP contribution in [0.5, 0.6) is 5.75 Å². The molecule has 1 aliphatic rings. The van der Waals surface area contributed by atoms with E-state index in [-0.39, 0.29) is 28.4 Å². The largest absolute Gasteiger partial charge is 0.497 e. The molecule has 0 radical (unpaired) electrons. The second-order valence-electron chi connectivity index (χ2n) is 7.00. The SMILES string of the molecule is COc1ccc(-n2nc(C3CC3)c3c(C(F)(F)F)cc(-c4ccco4)nc32)cc1. The third-order valence-electron chi connectivity index (χ3n) is 5.02. The van der Waals surface area contributed by atoms with Gasteiger partial charge in [0.25, 0.3) is 0 Å². The van der Waals surface area contributed by atoms with E-state index in [0.717, 1.165) is 18.9 Å². The Kier molecular flexibility index (Phi) is 3.90. The molecule has 0 spiro atoms. The van der Waals surface area contributed by atoms with Gasteiger partial charge < -0.3 is 9.15 Å². The molecule has 5 nitrogen and oxygen atoms in total. The van der Waals surface area contributed by atoms with Crippen LogP contribution >= 0.6 is 0 Å². The van der Waals surface area contributed by atoms with Crippen molar-refractivity contribution in [2.45, 2.75) is 24.9 Å². The first-order valence-electron chi connectivity index (χ1n) is 9.15. The van der Waals surface area contributed by atoms with E-state index in [1.807, 2.05) is 0 Å². The van der Waals surface area contributed by atoms with Crippen molar-refractivity contribution in [3.63, 3.8) is 0 Å². The Bertz CT molecular complexity index is 1170. The van der Waals surface area contributed by atoms with E-state index in [1.54, 1.807) is 43.5 Å². The second kappa shape index (κ2) is 6.37. The minimum Gasteiger partial charge on any atom is -0.497 e. The van der Waals surface area contributed by atoms with Crippen molar-refractivity contribution in [2.24, 2.45) is 0 Å². The molecule has 29 heavy (non-hydrogen) atoms. The quantitative estimate of drug-likeness (QED) is 0.449. The van der Waals surface area contributed by atoms with Gasteiger partial charge in [0, 0.05) is 5.92 Å². The number of alkyl halides is 3. The standard InChI is InChI=1S/C21H16F3N3O2/c1-28-14-8-6-13(7-9-14)27-20-18(19(26-27)12-4-5-12)15(21(22,23)24)11-16(25-20)17-3-2-10-29-17/h2-3,6-12H,4-5H2,1H3. The van der Waals surface area contributed by atoms with Gasteiger partial charge in [0.2, 0.25) is 0 Å². The van der Waals surface area contributed by atoms with E-state index in [9.17, 15) is 13.2 Å². The number of halogens is 3. The summed E-state index contributed by atoms with van der Waals surface area (Å²) in [5.41, 5.74) is 0.599. The number of ether oxygens (including phenoxy) is 1. The Labute approximate surface area is 163 Å². The predicted octanol–water partition coefficient (Wildman–Crippen LogP) is 5.59. The maximum absolute atomic E-state index is 14.0. The first-order valence-corrected chi connectivity index (χ1v) is 9.15. The Morgan fingerprint density at radius 3 is 2.48 bits per heavy atom. The van der Waals surface area contributed by atoms with Gasteiger partial charge >= 0.3 is 6.18 Å². The Morgan fingerprint density at radius 2 is 1.90 bits per heavy atom. The molecule has 1 aromatic carbocycles. The van der Waals surface area contributed by atoms with Crippen molar-refractivity contribution in [3.05, 3.63) is 60.0 Å². The molecule has 0 atom stereocenters. The van der Waals surface area contributed by atoms with Crippen LogP contribution in [0, 0.1) is 0 Å². The van der Waals surface area contributed by atoms with Crippen molar-refractivity contribution in [3.8, 4) is 22.9 Å². The number of rotatable bonds is 4. The minimum absolute atomic E-state index is 0.0226. The van der Waals surface area contributed by atoms with Crippen LogP contribution in [0.1, 0.15) is 30.0 Å². The molecule has 4 aromatic rings. The molecule has 5 rings (SSSR count). The Morgan fingerprint density at radius 1 is 1.14 bits per heavy atom. The van der Waals surface area contributed by atoms with Crippen molar-refractivity contribution in [1.29, 1.82) is 0 Å². The molecule has 0 N–H and O–H groups in total. The lowest BCUT2D eigenvalue weighted by molar-refractivity contribution is -0.136. The fourth-order valence-electron chi connectivity index (χ4n) is 3.46. The topological polar surface area (TPSA) is 53.1 Å². The van der Waals surface area contributed by atoms with Crippen molar-refractivity contribution in [1.82, 2.24) is 14.8 Å². The number of methoxy groups -OCH3 is 1. The summed E-state index contributed by atoms with van der Waals surface area (Å²) in [5, 5.41) is 4.62. The lowest BCUT2D eigenvalue weighted by Crippen LogP contribution is -2.08. The van der Waals surface area contributed by atoms with Gasteiger partial charge in [0.1, 0.15) is 11.4 Å². The number of nitrogens with zero attached hydrogens (tertiary/aromatic N) is 3. The molecule has 8 heteroatoms. The minimum atomic E-state index is -4.54. The summed E-state index contributed by atoms with van der Waals surface area (Å²) in [6.07, 6.45) is -1.48. The van der Waals surface area contributed by atoms with Gasteiger partial charge in [-0.25, -0.2) is 9.67 Å². The first kappa shape index (κ1) is 17.8.